The Morgan fingerprint density at radius 2 is 1.88 bits per heavy atom. The normalized spacial score (nSPS) is 19.2. The van der Waals surface area contributed by atoms with E-state index in [4.69, 9.17) is 16.3 Å². The highest BCUT2D eigenvalue weighted by molar-refractivity contribution is 8.93. The zero-order chi connectivity index (χ0) is 16.4. The smallest absolute Gasteiger partial charge is 0.123 e. The fraction of sp³-hybridized carbons (Fsp3) is 0.368. The molecule has 0 saturated carbocycles. The minimum atomic E-state index is -0.510. The Balaban J connectivity index is 0.00000208. The summed E-state index contributed by atoms with van der Waals surface area (Å²) in [6.45, 7) is 1.52. The molecular weight excluding hydrogens is 393 g/mol. The van der Waals surface area contributed by atoms with Crippen molar-refractivity contribution in [2.24, 2.45) is 0 Å². The lowest BCUT2D eigenvalue weighted by Gasteiger charge is -2.31. The van der Waals surface area contributed by atoms with Crippen molar-refractivity contribution in [2.75, 3.05) is 20.6 Å². The minimum absolute atomic E-state index is 0. The first-order chi connectivity index (χ1) is 11.0. The number of ether oxygens (including phenoxy) is 1. The van der Waals surface area contributed by atoms with Crippen LogP contribution < -0.4 is 0 Å². The van der Waals surface area contributed by atoms with Gasteiger partial charge in [-0.1, -0.05) is 29.8 Å². The Labute approximate surface area is 158 Å². The fourth-order valence-corrected chi connectivity index (χ4v) is 3.50. The Kier molecular flexibility index (Phi) is 6.43. The van der Waals surface area contributed by atoms with Gasteiger partial charge in [0, 0.05) is 5.02 Å². The van der Waals surface area contributed by atoms with Gasteiger partial charge in [0.05, 0.1) is 6.61 Å². The molecule has 0 saturated heterocycles. The molecule has 0 bridgehead atoms. The third-order valence-electron chi connectivity index (χ3n) is 4.42. The molecule has 0 amide bonds. The number of hydrogen-bond donors (Lipinski definition) is 0. The summed E-state index contributed by atoms with van der Waals surface area (Å²) in [5.41, 5.74) is 2.75. The van der Waals surface area contributed by atoms with Gasteiger partial charge >= 0.3 is 0 Å². The average molecular weight is 415 g/mol. The summed E-state index contributed by atoms with van der Waals surface area (Å²) in [6, 6.07) is 12.6. The van der Waals surface area contributed by atoms with Gasteiger partial charge < -0.3 is 9.64 Å². The molecule has 24 heavy (non-hydrogen) atoms. The lowest BCUT2D eigenvalue weighted by atomic mass is 9.82. The second-order valence-electron chi connectivity index (χ2n) is 6.33. The third-order valence-corrected chi connectivity index (χ3v) is 4.66. The van der Waals surface area contributed by atoms with Gasteiger partial charge in [-0.2, -0.15) is 0 Å². The number of nitrogens with zero attached hydrogens (tertiary/aromatic N) is 1. The summed E-state index contributed by atoms with van der Waals surface area (Å²) in [4.78, 5) is 2.16. The Bertz CT molecular complexity index is 692. The molecule has 0 N–H and O–H groups in total. The first-order valence-corrected chi connectivity index (χ1v) is 8.23. The van der Waals surface area contributed by atoms with E-state index < -0.39 is 5.60 Å². The summed E-state index contributed by atoms with van der Waals surface area (Å²) >= 11 is 6.12. The van der Waals surface area contributed by atoms with Crippen LogP contribution in [0.15, 0.2) is 42.5 Å². The maximum atomic E-state index is 13.3. The number of benzene rings is 2. The van der Waals surface area contributed by atoms with Crippen LogP contribution in [0.5, 0.6) is 0 Å². The van der Waals surface area contributed by atoms with Crippen molar-refractivity contribution in [3.63, 3.8) is 0 Å². The molecule has 1 heterocycles. The summed E-state index contributed by atoms with van der Waals surface area (Å²) in [5.74, 6) is -0.230. The van der Waals surface area contributed by atoms with Crippen LogP contribution >= 0.6 is 28.6 Å². The van der Waals surface area contributed by atoms with Gasteiger partial charge in [-0.3, -0.25) is 0 Å². The first kappa shape index (κ1) is 19.4. The van der Waals surface area contributed by atoms with Gasteiger partial charge in [-0.05, 0) is 74.4 Å². The van der Waals surface area contributed by atoms with Crippen LogP contribution in [-0.2, 0) is 16.9 Å². The zero-order valence-electron chi connectivity index (χ0n) is 13.9. The highest BCUT2D eigenvalue weighted by Gasteiger charge is 2.41. The Morgan fingerprint density at radius 1 is 1.17 bits per heavy atom. The molecule has 0 aliphatic carbocycles. The minimum Gasteiger partial charge on any atom is -0.361 e. The van der Waals surface area contributed by atoms with E-state index in [1.54, 1.807) is 0 Å². The molecule has 130 valence electrons. The topological polar surface area (TPSA) is 12.5 Å². The van der Waals surface area contributed by atoms with Gasteiger partial charge in [-0.25, -0.2) is 4.39 Å². The van der Waals surface area contributed by atoms with Crippen LogP contribution in [0.3, 0.4) is 0 Å². The molecule has 1 aliphatic heterocycles. The molecular formula is C19H22BrClFNO. The summed E-state index contributed by atoms with van der Waals surface area (Å²) in [7, 11) is 4.13. The van der Waals surface area contributed by atoms with Gasteiger partial charge in [0.15, 0.2) is 0 Å². The Morgan fingerprint density at radius 3 is 2.54 bits per heavy atom. The zero-order valence-corrected chi connectivity index (χ0v) is 16.4. The highest BCUT2D eigenvalue weighted by Crippen LogP contribution is 2.45. The van der Waals surface area contributed by atoms with Crippen LogP contribution in [0.2, 0.25) is 5.02 Å². The molecule has 1 atom stereocenters. The molecule has 0 fully saturated rings. The number of rotatable bonds is 5. The molecule has 1 unspecified atom stereocenters. The third kappa shape index (κ3) is 3.83. The molecule has 0 spiro atoms. The molecule has 1 aliphatic rings. The summed E-state index contributed by atoms with van der Waals surface area (Å²) < 4.78 is 19.6. The van der Waals surface area contributed by atoms with E-state index in [0.717, 1.165) is 41.1 Å². The van der Waals surface area contributed by atoms with Crippen LogP contribution in [-0.4, -0.2) is 25.5 Å². The van der Waals surface area contributed by atoms with Crippen molar-refractivity contribution in [1.82, 2.24) is 4.90 Å². The van der Waals surface area contributed by atoms with Crippen molar-refractivity contribution in [3.05, 3.63) is 70.0 Å². The largest absolute Gasteiger partial charge is 0.361 e. The van der Waals surface area contributed by atoms with E-state index >= 15 is 0 Å². The lowest BCUT2D eigenvalue weighted by molar-refractivity contribution is -0.0140. The predicted octanol–water partition coefficient (Wildman–Crippen LogP) is 5.17. The van der Waals surface area contributed by atoms with E-state index in [9.17, 15) is 4.39 Å². The van der Waals surface area contributed by atoms with Crippen LogP contribution in [0.4, 0.5) is 4.39 Å². The van der Waals surface area contributed by atoms with Gasteiger partial charge in [-0.15, -0.1) is 17.0 Å². The standard InChI is InChI=1S/C19H21ClFNO.BrH/c1-22(2)11-3-10-19(15-4-7-17(21)8-5-15)18-9-6-16(20)12-14(18)13-23-19;/h4-9,12H,3,10-11,13H2,1-2H3;1H. The number of halogens is 3. The molecule has 2 aromatic rings. The average Bonchev–Trinajstić information content (AvgIpc) is 2.87. The van der Waals surface area contributed by atoms with Crippen molar-refractivity contribution in [3.8, 4) is 0 Å². The second kappa shape index (κ2) is 7.96. The lowest BCUT2D eigenvalue weighted by Crippen LogP contribution is -2.28. The fourth-order valence-electron chi connectivity index (χ4n) is 3.31. The van der Waals surface area contributed by atoms with E-state index in [2.05, 4.69) is 19.0 Å². The highest BCUT2D eigenvalue weighted by atomic mass is 79.9. The SMILES string of the molecule is Br.CN(C)CCCC1(c2ccc(F)cc2)OCc2cc(Cl)ccc21. The van der Waals surface area contributed by atoms with Gasteiger partial charge in [0.1, 0.15) is 11.4 Å². The first-order valence-electron chi connectivity index (χ1n) is 7.85. The van der Waals surface area contributed by atoms with Crippen molar-refractivity contribution in [2.45, 2.75) is 25.0 Å². The van der Waals surface area contributed by atoms with E-state index in [-0.39, 0.29) is 22.8 Å². The summed E-state index contributed by atoms with van der Waals surface area (Å²) in [5, 5.41) is 0.718. The monoisotopic (exact) mass is 413 g/mol. The number of fused-ring (bicyclic) bond motifs is 1. The van der Waals surface area contributed by atoms with Crippen molar-refractivity contribution >= 4 is 28.6 Å². The molecule has 5 heteroatoms. The quantitative estimate of drug-likeness (QED) is 0.669. The van der Waals surface area contributed by atoms with E-state index in [1.165, 1.54) is 12.1 Å². The molecule has 2 nitrogen and oxygen atoms in total. The van der Waals surface area contributed by atoms with E-state index in [0.29, 0.717) is 6.61 Å². The molecule has 2 aromatic carbocycles. The molecule has 0 radical (unpaired) electrons. The summed E-state index contributed by atoms with van der Waals surface area (Å²) in [6.07, 6.45) is 1.85. The predicted molar refractivity (Wildman–Crippen MR) is 102 cm³/mol. The maximum Gasteiger partial charge on any atom is 0.123 e. The van der Waals surface area contributed by atoms with Gasteiger partial charge in [0.25, 0.3) is 0 Å². The van der Waals surface area contributed by atoms with Crippen molar-refractivity contribution < 1.29 is 9.13 Å². The van der Waals surface area contributed by atoms with Crippen LogP contribution in [0.25, 0.3) is 0 Å². The molecule has 3 rings (SSSR count). The van der Waals surface area contributed by atoms with Crippen LogP contribution in [0.1, 0.15) is 29.5 Å². The second-order valence-corrected chi connectivity index (χ2v) is 6.77. The maximum absolute atomic E-state index is 13.3. The Hall–Kier alpha value is -0.940. The van der Waals surface area contributed by atoms with Gasteiger partial charge in [0.2, 0.25) is 0 Å². The van der Waals surface area contributed by atoms with E-state index in [1.807, 2.05) is 30.3 Å². The van der Waals surface area contributed by atoms with Crippen LogP contribution in [0, 0.1) is 5.82 Å². The molecule has 0 aromatic heterocycles. The van der Waals surface area contributed by atoms with Crippen molar-refractivity contribution in [1.29, 1.82) is 0 Å². The number of hydrogen-bond acceptors (Lipinski definition) is 2.